The molecular weight excluding hydrogens is 380 g/mol. The summed E-state index contributed by atoms with van der Waals surface area (Å²) in [5, 5.41) is 0. The van der Waals surface area contributed by atoms with Gasteiger partial charge in [0.25, 0.3) is 0 Å². The average molecular weight is 427 g/mol. The van der Waals surface area contributed by atoms with Crippen LogP contribution in [-0.4, -0.2) is 11.6 Å². The van der Waals surface area contributed by atoms with Crippen molar-refractivity contribution < 1.29 is 9.59 Å². The molecule has 8 atom stereocenters. The quantitative estimate of drug-likeness (QED) is 0.443. The second-order valence-electron chi connectivity index (χ2n) is 12.6. The van der Waals surface area contributed by atoms with Gasteiger partial charge in [-0.15, -0.1) is 0 Å². The zero-order valence-electron chi connectivity index (χ0n) is 21.0. The van der Waals surface area contributed by atoms with Crippen molar-refractivity contribution in [1.82, 2.24) is 0 Å². The van der Waals surface area contributed by atoms with Crippen LogP contribution in [0.1, 0.15) is 106 Å². The number of carbonyl (C=O) groups excluding carboxylic acids is 2. The highest BCUT2D eigenvalue weighted by atomic mass is 16.1. The van der Waals surface area contributed by atoms with Crippen molar-refractivity contribution in [3.8, 4) is 0 Å². The lowest BCUT2D eigenvalue weighted by molar-refractivity contribution is -0.131. The van der Waals surface area contributed by atoms with Crippen LogP contribution in [0.3, 0.4) is 0 Å². The summed E-state index contributed by atoms with van der Waals surface area (Å²) < 4.78 is 0. The van der Waals surface area contributed by atoms with Gasteiger partial charge in [0.2, 0.25) is 0 Å². The number of hydrogen-bond acceptors (Lipinski definition) is 2. The molecule has 3 fully saturated rings. The van der Waals surface area contributed by atoms with Crippen molar-refractivity contribution in [3.05, 3.63) is 11.6 Å². The second-order valence-corrected chi connectivity index (χ2v) is 12.6. The van der Waals surface area contributed by atoms with Crippen LogP contribution in [0.5, 0.6) is 0 Å². The summed E-state index contributed by atoms with van der Waals surface area (Å²) in [6.45, 7) is 14.5. The molecule has 174 valence electrons. The van der Waals surface area contributed by atoms with Crippen LogP contribution in [0.4, 0.5) is 0 Å². The van der Waals surface area contributed by atoms with Gasteiger partial charge in [-0.1, -0.05) is 54.4 Å². The average Bonchev–Trinajstić information content (AvgIpc) is 3.07. The van der Waals surface area contributed by atoms with E-state index in [1.165, 1.54) is 44.9 Å². The van der Waals surface area contributed by atoms with Gasteiger partial charge in [-0.05, 0) is 96.9 Å². The first-order chi connectivity index (χ1) is 14.6. The number of fused-ring (bicyclic) bond motifs is 5. The molecule has 0 aliphatic heterocycles. The Bertz CT molecular complexity index is 748. The predicted molar refractivity (Wildman–Crippen MR) is 128 cm³/mol. The highest BCUT2D eigenvalue weighted by Crippen LogP contribution is 2.67. The largest absolute Gasteiger partial charge is 0.295 e. The van der Waals surface area contributed by atoms with E-state index in [4.69, 9.17) is 0 Å². The van der Waals surface area contributed by atoms with Crippen molar-refractivity contribution in [1.29, 1.82) is 0 Å². The number of carbonyl (C=O) groups is 2. The fourth-order valence-corrected chi connectivity index (χ4v) is 9.05. The van der Waals surface area contributed by atoms with Crippen LogP contribution in [-0.2, 0) is 9.59 Å². The molecule has 3 saturated carbocycles. The molecule has 4 rings (SSSR count). The van der Waals surface area contributed by atoms with E-state index in [1.807, 2.05) is 0 Å². The van der Waals surface area contributed by atoms with Gasteiger partial charge in [0.1, 0.15) is 0 Å². The molecular formula is C29H46O2. The van der Waals surface area contributed by atoms with Gasteiger partial charge in [-0.25, -0.2) is 0 Å². The lowest BCUT2D eigenvalue weighted by atomic mass is 9.46. The van der Waals surface area contributed by atoms with Crippen LogP contribution in [0.15, 0.2) is 11.6 Å². The molecule has 0 amide bonds. The first kappa shape index (κ1) is 23.2. The molecule has 0 bridgehead atoms. The smallest absolute Gasteiger partial charge is 0.159 e. The fraction of sp³-hybridized carbons (Fsp3) is 0.862. The maximum absolute atomic E-state index is 13.2. The Kier molecular flexibility index (Phi) is 6.34. The molecule has 0 aromatic heterocycles. The summed E-state index contributed by atoms with van der Waals surface area (Å²) in [5.41, 5.74) is 1.24. The zero-order valence-corrected chi connectivity index (χ0v) is 21.0. The molecule has 0 aromatic rings. The normalized spacial score (nSPS) is 42.0. The van der Waals surface area contributed by atoms with E-state index >= 15 is 0 Å². The maximum Gasteiger partial charge on any atom is 0.159 e. The Morgan fingerprint density at radius 1 is 1.00 bits per heavy atom. The van der Waals surface area contributed by atoms with E-state index in [1.54, 1.807) is 6.08 Å². The molecule has 0 aromatic carbocycles. The summed E-state index contributed by atoms with van der Waals surface area (Å²) in [6.07, 6.45) is 13.2. The predicted octanol–water partition coefficient (Wildman–Crippen LogP) is 7.41. The van der Waals surface area contributed by atoms with E-state index in [9.17, 15) is 9.59 Å². The van der Waals surface area contributed by atoms with Gasteiger partial charge in [-0.3, -0.25) is 9.59 Å². The second kappa shape index (κ2) is 8.45. The van der Waals surface area contributed by atoms with Crippen LogP contribution in [0, 0.1) is 52.3 Å². The van der Waals surface area contributed by atoms with Gasteiger partial charge in [0, 0.05) is 18.4 Å². The van der Waals surface area contributed by atoms with Gasteiger partial charge in [-0.2, -0.15) is 0 Å². The molecule has 2 heteroatoms. The van der Waals surface area contributed by atoms with Gasteiger partial charge >= 0.3 is 0 Å². The summed E-state index contributed by atoms with van der Waals surface area (Å²) in [7, 11) is 0. The van der Waals surface area contributed by atoms with Gasteiger partial charge in [0.15, 0.2) is 11.6 Å². The molecule has 4 unspecified atom stereocenters. The fourth-order valence-electron chi connectivity index (χ4n) is 9.05. The van der Waals surface area contributed by atoms with Crippen molar-refractivity contribution in [2.45, 2.75) is 106 Å². The first-order valence-electron chi connectivity index (χ1n) is 13.4. The highest BCUT2D eigenvalue weighted by molar-refractivity contribution is 6.05. The topological polar surface area (TPSA) is 34.1 Å². The SMILES string of the molecule is CC[C@H](CC[C@@H](C)C1CCC2C3CC(=O)C4=CC(=O)CC[C@]4(C)C3CC[C@@]21C)C(C)C. The van der Waals surface area contributed by atoms with E-state index in [0.717, 1.165) is 35.7 Å². The molecule has 4 aliphatic rings. The number of rotatable bonds is 6. The Morgan fingerprint density at radius 2 is 1.74 bits per heavy atom. The summed E-state index contributed by atoms with van der Waals surface area (Å²) in [4.78, 5) is 25.3. The Morgan fingerprint density at radius 3 is 2.42 bits per heavy atom. The van der Waals surface area contributed by atoms with Crippen LogP contribution >= 0.6 is 0 Å². The van der Waals surface area contributed by atoms with Gasteiger partial charge in [0.05, 0.1) is 0 Å². The van der Waals surface area contributed by atoms with Crippen LogP contribution < -0.4 is 0 Å². The molecule has 4 aliphatic carbocycles. The lowest BCUT2D eigenvalue weighted by Gasteiger charge is -2.57. The Balaban J connectivity index is 1.52. The number of allylic oxidation sites excluding steroid dienone is 1. The lowest BCUT2D eigenvalue weighted by Crippen LogP contribution is -2.53. The summed E-state index contributed by atoms with van der Waals surface area (Å²) in [5.74, 6) is 5.55. The third-order valence-corrected chi connectivity index (χ3v) is 11.0. The number of Topliss-reactive ketones (excluding diaryl/α,β-unsaturated/α-hetero) is 1. The minimum absolute atomic E-state index is 0.0510. The van der Waals surface area contributed by atoms with Crippen molar-refractivity contribution in [3.63, 3.8) is 0 Å². The van der Waals surface area contributed by atoms with Crippen molar-refractivity contribution in [2.24, 2.45) is 52.3 Å². The monoisotopic (exact) mass is 426 g/mol. The minimum Gasteiger partial charge on any atom is -0.295 e. The first-order valence-corrected chi connectivity index (χ1v) is 13.4. The van der Waals surface area contributed by atoms with E-state index in [-0.39, 0.29) is 11.2 Å². The molecule has 31 heavy (non-hydrogen) atoms. The highest BCUT2D eigenvalue weighted by Gasteiger charge is 2.61. The molecule has 2 nitrogen and oxygen atoms in total. The molecule has 0 N–H and O–H groups in total. The molecule has 0 spiro atoms. The summed E-state index contributed by atoms with van der Waals surface area (Å²) >= 11 is 0. The summed E-state index contributed by atoms with van der Waals surface area (Å²) in [6, 6.07) is 0. The van der Waals surface area contributed by atoms with E-state index in [2.05, 4.69) is 41.5 Å². The third-order valence-electron chi connectivity index (χ3n) is 11.0. The molecule has 0 saturated heterocycles. The van der Waals surface area contributed by atoms with Gasteiger partial charge < -0.3 is 0 Å². The molecule has 0 heterocycles. The van der Waals surface area contributed by atoms with Crippen molar-refractivity contribution in [2.75, 3.05) is 0 Å². The van der Waals surface area contributed by atoms with E-state index in [0.29, 0.717) is 41.8 Å². The Hall–Kier alpha value is -0.920. The molecule has 0 radical (unpaired) electrons. The van der Waals surface area contributed by atoms with Crippen LogP contribution in [0.25, 0.3) is 0 Å². The van der Waals surface area contributed by atoms with Crippen molar-refractivity contribution >= 4 is 11.6 Å². The van der Waals surface area contributed by atoms with E-state index < -0.39 is 0 Å². The maximum atomic E-state index is 13.2. The number of ketones is 2. The Labute approximate surface area is 191 Å². The minimum atomic E-state index is -0.0510. The zero-order chi connectivity index (χ0) is 22.6. The van der Waals surface area contributed by atoms with Crippen LogP contribution in [0.2, 0.25) is 0 Å². The third kappa shape index (κ3) is 3.78. The number of hydrogen-bond donors (Lipinski definition) is 0. The standard InChI is InChI=1S/C29H46O2/c1-7-20(18(2)3)9-8-19(4)23-10-11-24-22-17-27(31)26-16-21(30)12-14-29(26,6)25(22)13-15-28(23,24)5/h16,18-20,22-25H,7-15,17H2,1-6H3/t19-,20-,22?,23?,24?,25?,28-,29-/m1/s1.